The van der Waals surface area contributed by atoms with Crippen LogP contribution in [0.1, 0.15) is 24.3 Å². The van der Waals surface area contributed by atoms with E-state index in [2.05, 4.69) is 0 Å². The summed E-state index contributed by atoms with van der Waals surface area (Å²) in [6.07, 6.45) is 2.27. The van der Waals surface area contributed by atoms with Gasteiger partial charge in [-0.15, -0.1) is 0 Å². The van der Waals surface area contributed by atoms with E-state index in [0.29, 0.717) is 23.8 Å². The van der Waals surface area contributed by atoms with Gasteiger partial charge in [0.05, 0.1) is 12.5 Å². The van der Waals surface area contributed by atoms with E-state index in [1.807, 2.05) is 0 Å². The molecule has 0 spiro atoms. The van der Waals surface area contributed by atoms with Crippen molar-refractivity contribution in [3.8, 4) is 5.75 Å². The van der Waals surface area contributed by atoms with E-state index >= 15 is 0 Å². The first-order chi connectivity index (χ1) is 8.61. The zero-order chi connectivity index (χ0) is 13.1. The molecule has 0 amide bonds. The molecule has 1 aromatic carbocycles. The van der Waals surface area contributed by atoms with Gasteiger partial charge in [0.25, 0.3) is 0 Å². The van der Waals surface area contributed by atoms with Gasteiger partial charge in [-0.1, -0.05) is 0 Å². The molecule has 1 atom stereocenters. The molecule has 1 fully saturated rings. The maximum absolute atomic E-state index is 13.2. The minimum absolute atomic E-state index is 0.0847. The van der Waals surface area contributed by atoms with Crippen LogP contribution < -0.4 is 10.5 Å². The van der Waals surface area contributed by atoms with Crippen molar-refractivity contribution >= 4 is 5.97 Å². The Bertz CT molecular complexity index is 446. The summed E-state index contributed by atoms with van der Waals surface area (Å²) in [6.45, 7) is 0.466. The van der Waals surface area contributed by atoms with Crippen LogP contribution in [0.3, 0.4) is 0 Å². The van der Waals surface area contributed by atoms with Crippen molar-refractivity contribution in [3.05, 3.63) is 29.6 Å². The van der Waals surface area contributed by atoms with E-state index < -0.39 is 17.7 Å². The Morgan fingerprint density at radius 3 is 2.83 bits per heavy atom. The van der Waals surface area contributed by atoms with Gasteiger partial charge in [-0.3, -0.25) is 4.79 Å². The molecule has 5 heteroatoms. The lowest BCUT2D eigenvalue weighted by Gasteiger charge is -2.16. The van der Waals surface area contributed by atoms with E-state index in [9.17, 15) is 9.18 Å². The van der Waals surface area contributed by atoms with Crippen LogP contribution in [0, 0.1) is 11.7 Å². The number of nitrogens with two attached hydrogens (primary N) is 1. The standard InChI is InChI=1S/C13H16FNO3/c14-9-3-4-12(18-7-8-1-2-8)10(5-9)11(6-15)13(16)17/h3-5,8,11H,1-2,6-7,15H2,(H,16,17). The zero-order valence-electron chi connectivity index (χ0n) is 9.93. The number of hydrogen-bond acceptors (Lipinski definition) is 3. The highest BCUT2D eigenvalue weighted by atomic mass is 19.1. The van der Waals surface area contributed by atoms with E-state index in [4.69, 9.17) is 15.6 Å². The van der Waals surface area contributed by atoms with E-state index in [1.54, 1.807) is 0 Å². The fourth-order valence-electron chi connectivity index (χ4n) is 1.78. The monoisotopic (exact) mass is 253 g/mol. The fourth-order valence-corrected chi connectivity index (χ4v) is 1.78. The molecular weight excluding hydrogens is 237 g/mol. The van der Waals surface area contributed by atoms with Crippen LogP contribution in [0.2, 0.25) is 0 Å². The van der Waals surface area contributed by atoms with Crippen LogP contribution in [0.5, 0.6) is 5.75 Å². The van der Waals surface area contributed by atoms with Gasteiger partial charge in [-0.2, -0.15) is 0 Å². The molecule has 1 aromatic rings. The van der Waals surface area contributed by atoms with Crippen LogP contribution in [0.15, 0.2) is 18.2 Å². The number of rotatable bonds is 6. The van der Waals surface area contributed by atoms with Crippen molar-refractivity contribution < 1.29 is 19.0 Å². The predicted octanol–water partition coefficient (Wildman–Crippen LogP) is 1.74. The molecule has 0 saturated heterocycles. The van der Waals surface area contributed by atoms with Gasteiger partial charge < -0.3 is 15.6 Å². The summed E-state index contributed by atoms with van der Waals surface area (Å²) in [5.41, 5.74) is 5.74. The molecule has 1 unspecified atom stereocenters. The van der Waals surface area contributed by atoms with Crippen LogP contribution in [0.4, 0.5) is 4.39 Å². The van der Waals surface area contributed by atoms with Gasteiger partial charge in [0.1, 0.15) is 11.6 Å². The number of carboxylic acid groups (broad SMARTS) is 1. The van der Waals surface area contributed by atoms with Crippen molar-refractivity contribution in [1.29, 1.82) is 0 Å². The zero-order valence-corrected chi connectivity index (χ0v) is 9.93. The first kappa shape index (κ1) is 12.8. The van der Waals surface area contributed by atoms with Gasteiger partial charge in [-0.05, 0) is 37.0 Å². The van der Waals surface area contributed by atoms with Gasteiger partial charge in [0, 0.05) is 12.1 Å². The van der Waals surface area contributed by atoms with Crippen molar-refractivity contribution in [2.75, 3.05) is 13.2 Å². The summed E-state index contributed by atoms with van der Waals surface area (Å²) in [6, 6.07) is 3.92. The first-order valence-corrected chi connectivity index (χ1v) is 5.97. The quantitative estimate of drug-likeness (QED) is 0.810. The van der Waals surface area contributed by atoms with E-state index in [1.165, 1.54) is 18.2 Å². The largest absolute Gasteiger partial charge is 0.493 e. The predicted molar refractivity (Wildman–Crippen MR) is 64.1 cm³/mol. The minimum Gasteiger partial charge on any atom is -0.493 e. The van der Waals surface area contributed by atoms with Gasteiger partial charge in [0.15, 0.2) is 0 Å². The molecule has 0 aromatic heterocycles. The topological polar surface area (TPSA) is 72.6 Å². The van der Waals surface area contributed by atoms with Crippen LogP contribution >= 0.6 is 0 Å². The van der Waals surface area contributed by atoms with Crippen molar-refractivity contribution in [2.24, 2.45) is 11.7 Å². The Kier molecular flexibility index (Phi) is 3.81. The summed E-state index contributed by atoms with van der Waals surface area (Å²) < 4.78 is 18.8. The molecule has 0 aliphatic heterocycles. The number of carbonyl (C=O) groups is 1. The molecule has 2 rings (SSSR count). The van der Waals surface area contributed by atoms with Gasteiger partial charge >= 0.3 is 5.97 Å². The maximum Gasteiger partial charge on any atom is 0.312 e. The van der Waals surface area contributed by atoms with E-state index in [-0.39, 0.29) is 6.54 Å². The van der Waals surface area contributed by atoms with Crippen LogP contribution in [-0.4, -0.2) is 24.2 Å². The van der Waals surface area contributed by atoms with Crippen LogP contribution in [0.25, 0.3) is 0 Å². The third-order valence-electron chi connectivity index (χ3n) is 3.05. The first-order valence-electron chi connectivity index (χ1n) is 5.97. The highest BCUT2D eigenvalue weighted by molar-refractivity contribution is 5.77. The molecule has 0 radical (unpaired) electrons. The number of ether oxygens (including phenoxy) is 1. The minimum atomic E-state index is -1.07. The fraction of sp³-hybridized carbons (Fsp3) is 0.462. The molecule has 0 bridgehead atoms. The second-order valence-corrected chi connectivity index (χ2v) is 4.56. The number of benzene rings is 1. The summed E-state index contributed by atoms with van der Waals surface area (Å²) in [4.78, 5) is 11.1. The molecule has 1 aliphatic rings. The number of halogens is 1. The molecule has 1 saturated carbocycles. The summed E-state index contributed by atoms with van der Waals surface area (Å²) in [7, 11) is 0. The lowest BCUT2D eigenvalue weighted by molar-refractivity contribution is -0.138. The third-order valence-corrected chi connectivity index (χ3v) is 3.05. The van der Waals surface area contributed by atoms with Crippen molar-refractivity contribution in [1.82, 2.24) is 0 Å². The molecular formula is C13H16FNO3. The Labute approximate surface area is 105 Å². The van der Waals surface area contributed by atoms with Gasteiger partial charge in [-0.25, -0.2) is 4.39 Å². The summed E-state index contributed by atoms with van der Waals surface area (Å²) in [5, 5.41) is 9.07. The molecule has 0 heterocycles. The average Bonchev–Trinajstić information content (AvgIpc) is 3.12. The Morgan fingerprint density at radius 1 is 1.56 bits per heavy atom. The molecule has 1 aliphatic carbocycles. The highest BCUT2D eigenvalue weighted by Crippen LogP contribution is 2.32. The second kappa shape index (κ2) is 5.35. The maximum atomic E-state index is 13.2. The lowest BCUT2D eigenvalue weighted by atomic mass is 9.98. The Hall–Kier alpha value is -1.62. The molecule has 4 nitrogen and oxygen atoms in total. The normalized spacial score (nSPS) is 16.3. The number of carboxylic acids is 1. The lowest BCUT2D eigenvalue weighted by Crippen LogP contribution is -2.22. The Balaban J connectivity index is 2.22. The average molecular weight is 253 g/mol. The Morgan fingerprint density at radius 2 is 2.28 bits per heavy atom. The highest BCUT2D eigenvalue weighted by Gasteiger charge is 2.25. The molecule has 18 heavy (non-hydrogen) atoms. The van der Waals surface area contributed by atoms with E-state index in [0.717, 1.165) is 12.8 Å². The SMILES string of the molecule is NCC(C(=O)O)c1cc(F)ccc1OCC1CC1. The second-order valence-electron chi connectivity index (χ2n) is 4.56. The van der Waals surface area contributed by atoms with Gasteiger partial charge in [0.2, 0.25) is 0 Å². The van der Waals surface area contributed by atoms with Crippen LogP contribution in [-0.2, 0) is 4.79 Å². The third kappa shape index (κ3) is 2.98. The summed E-state index contributed by atoms with van der Waals surface area (Å²) >= 11 is 0. The number of aliphatic carboxylic acids is 1. The smallest absolute Gasteiger partial charge is 0.312 e. The summed E-state index contributed by atoms with van der Waals surface area (Å²) in [5.74, 6) is -1.53. The number of hydrogen-bond donors (Lipinski definition) is 2. The van der Waals surface area contributed by atoms with Crippen molar-refractivity contribution in [3.63, 3.8) is 0 Å². The molecule has 3 N–H and O–H groups in total. The molecule has 98 valence electrons. The van der Waals surface area contributed by atoms with Crippen molar-refractivity contribution in [2.45, 2.75) is 18.8 Å².